The molecule has 1 saturated carbocycles. The lowest BCUT2D eigenvalue weighted by Crippen LogP contribution is -2.25. The molecule has 0 bridgehead atoms. The summed E-state index contributed by atoms with van der Waals surface area (Å²) in [7, 11) is 1.60. The van der Waals surface area contributed by atoms with Crippen LogP contribution in [0.15, 0.2) is 77.9 Å². The van der Waals surface area contributed by atoms with Gasteiger partial charge in [0.15, 0.2) is 11.5 Å². The maximum atomic E-state index is 13.6. The number of hydrogen-bond acceptors (Lipinski definition) is 5. The van der Waals surface area contributed by atoms with E-state index >= 15 is 0 Å². The molecule has 1 aliphatic carbocycles. The second kappa shape index (κ2) is 12.1. The second-order valence-corrected chi connectivity index (χ2v) is 12.0. The van der Waals surface area contributed by atoms with Crippen LogP contribution in [0.4, 0.5) is 0 Å². The standard InChI is InChI=1S/C29H26Br3N3O3/c1-37-26-14-19(13-24(32)27(26)38-17-18-7-9-21(30)10-8-18)16-33-35-28(20-5-3-2-4-6-20)34-25-12-11-22(31)15-23(25)29(35)36/h7-16,20H,2-6,17H2,1H3. The molecular weight excluding hydrogens is 678 g/mol. The molecule has 196 valence electrons. The van der Waals surface area contributed by atoms with Gasteiger partial charge in [-0.25, -0.2) is 4.98 Å². The summed E-state index contributed by atoms with van der Waals surface area (Å²) in [5.41, 5.74) is 2.33. The molecule has 9 heteroatoms. The fourth-order valence-corrected chi connectivity index (χ4v) is 5.92. The van der Waals surface area contributed by atoms with Crippen molar-refractivity contribution in [1.29, 1.82) is 0 Å². The lowest BCUT2D eigenvalue weighted by atomic mass is 9.88. The fraction of sp³-hybridized carbons (Fsp3) is 0.276. The van der Waals surface area contributed by atoms with Crippen molar-refractivity contribution in [3.8, 4) is 11.5 Å². The third-order valence-corrected chi connectivity index (χ3v) is 8.29. The number of methoxy groups -OCH3 is 1. The van der Waals surface area contributed by atoms with E-state index in [2.05, 4.69) is 52.9 Å². The van der Waals surface area contributed by atoms with Crippen molar-refractivity contribution in [1.82, 2.24) is 9.66 Å². The van der Waals surface area contributed by atoms with E-state index in [9.17, 15) is 4.79 Å². The maximum absolute atomic E-state index is 13.6. The predicted octanol–water partition coefficient (Wildman–Crippen LogP) is 8.20. The molecule has 0 saturated heterocycles. The zero-order chi connectivity index (χ0) is 26.6. The number of aromatic nitrogens is 2. The zero-order valence-corrected chi connectivity index (χ0v) is 25.6. The first-order chi connectivity index (χ1) is 18.4. The van der Waals surface area contributed by atoms with E-state index in [1.165, 1.54) is 11.1 Å². The van der Waals surface area contributed by atoms with Gasteiger partial charge in [0.25, 0.3) is 5.56 Å². The molecule has 1 fully saturated rings. The maximum Gasteiger partial charge on any atom is 0.282 e. The lowest BCUT2D eigenvalue weighted by Gasteiger charge is -2.22. The Labute approximate surface area is 246 Å². The topological polar surface area (TPSA) is 65.7 Å². The Morgan fingerprint density at radius 1 is 1.00 bits per heavy atom. The summed E-state index contributed by atoms with van der Waals surface area (Å²) >= 11 is 10.6. The molecule has 0 aliphatic heterocycles. The number of rotatable bonds is 7. The quantitative estimate of drug-likeness (QED) is 0.182. The molecule has 1 aliphatic rings. The van der Waals surface area contributed by atoms with E-state index in [0.29, 0.717) is 29.0 Å². The third-order valence-electron chi connectivity index (χ3n) is 6.67. The molecule has 0 atom stereocenters. The van der Waals surface area contributed by atoms with Gasteiger partial charge in [-0.2, -0.15) is 9.78 Å². The molecule has 0 N–H and O–H groups in total. The van der Waals surface area contributed by atoms with Crippen molar-refractivity contribution in [2.75, 3.05) is 7.11 Å². The van der Waals surface area contributed by atoms with Gasteiger partial charge >= 0.3 is 0 Å². The number of fused-ring (bicyclic) bond motifs is 1. The number of nitrogens with zero attached hydrogens (tertiary/aromatic N) is 3. The van der Waals surface area contributed by atoms with Crippen molar-refractivity contribution in [3.05, 3.63) is 95.3 Å². The monoisotopic (exact) mass is 701 g/mol. The van der Waals surface area contributed by atoms with Gasteiger partial charge < -0.3 is 9.47 Å². The Balaban J connectivity index is 1.49. The second-order valence-electron chi connectivity index (χ2n) is 9.28. The van der Waals surface area contributed by atoms with Crippen LogP contribution in [0.1, 0.15) is 55.0 Å². The summed E-state index contributed by atoms with van der Waals surface area (Å²) in [5, 5.41) is 5.19. The SMILES string of the molecule is COc1cc(C=Nn2c(C3CCCCC3)nc3ccc(Br)cc3c2=O)cc(Br)c1OCc1ccc(Br)cc1. The highest BCUT2D eigenvalue weighted by Crippen LogP contribution is 2.37. The summed E-state index contributed by atoms with van der Waals surface area (Å²) in [5.74, 6) is 2.10. The van der Waals surface area contributed by atoms with Crippen LogP contribution in [0.5, 0.6) is 11.5 Å². The first-order valence-corrected chi connectivity index (χ1v) is 14.8. The van der Waals surface area contributed by atoms with E-state index in [-0.39, 0.29) is 11.5 Å². The lowest BCUT2D eigenvalue weighted by molar-refractivity contribution is 0.282. The van der Waals surface area contributed by atoms with E-state index < -0.39 is 0 Å². The first-order valence-electron chi connectivity index (χ1n) is 12.4. The minimum Gasteiger partial charge on any atom is -0.493 e. The molecule has 4 aromatic rings. The Bertz CT molecular complexity index is 1550. The van der Waals surface area contributed by atoms with Crippen molar-refractivity contribution < 1.29 is 9.47 Å². The summed E-state index contributed by atoms with van der Waals surface area (Å²) in [4.78, 5) is 18.5. The van der Waals surface area contributed by atoms with Crippen molar-refractivity contribution in [3.63, 3.8) is 0 Å². The van der Waals surface area contributed by atoms with Gasteiger partial charge in [-0.15, -0.1) is 0 Å². The summed E-state index contributed by atoms with van der Waals surface area (Å²) in [6.45, 7) is 0.397. The smallest absolute Gasteiger partial charge is 0.282 e. The van der Waals surface area contributed by atoms with Crippen LogP contribution in [0.2, 0.25) is 0 Å². The van der Waals surface area contributed by atoms with Gasteiger partial charge in [-0.1, -0.05) is 63.3 Å². The van der Waals surface area contributed by atoms with Crippen LogP contribution in [-0.4, -0.2) is 23.0 Å². The molecule has 0 spiro atoms. The van der Waals surface area contributed by atoms with Crippen LogP contribution in [0.25, 0.3) is 10.9 Å². The third kappa shape index (κ3) is 6.05. The minimum atomic E-state index is -0.173. The first kappa shape index (κ1) is 27.1. The van der Waals surface area contributed by atoms with Gasteiger partial charge in [-0.3, -0.25) is 4.79 Å². The van der Waals surface area contributed by atoms with Crippen LogP contribution >= 0.6 is 47.8 Å². The number of ether oxygens (including phenoxy) is 2. The summed E-state index contributed by atoms with van der Waals surface area (Å²) < 4.78 is 15.8. The fourth-order valence-electron chi connectivity index (χ4n) is 4.72. The van der Waals surface area contributed by atoms with Crippen molar-refractivity contribution in [2.24, 2.45) is 5.10 Å². The number of benzene rings is 3. The van der Waals surface area contributed by atoms with Crippen LogP contribution in [0, 0.1) is 0 Å². The Morgan fingerprint density at radius 3 is 2.47 bits per heavy atom. The minimum absolute atomic E-state index is 0.173. The van der Waals surface area contributed by atoms with Gasteiger partial charge in [0, 0.05) is 14.9 Å². The number of hydrogen-bond donors (Lipinski definition) is 0. The van der Waals surface area contributed by atoms with Crippen molar-refractivity contribution >= 4 is 64.9 Å². The van der Waals surface area contributed by atoms with E-state index in [0.717, 1.165) is 56.1 Å². The van der Waals surface area contributed by atoms with Gasteiger partial charge in [0.1, 0.15) is 12.4 Å². The van der Waals surface area contributed by atoms with Crippen LogP contribution < -0.4 is 15.0 Å². The average Bonchev–Trinajstić information content (AvgIpc) is 2.93. The zero-order valence-electron chi connectivity index (χ0n) is 20.8. The van der Waals surface area contributed by atoms with Gasteiger partial charge in [0.2, 0.25) is 0 Å². The average molecular weight is 704 g/mol. The molecule has 3 aromatic carbocycles. The van der Waals surface area contributed by atoms with E-state index in [4.69, 9.17) is 14.5 Å². The molecule has 0 unspecified atom stereocenters. The normalized spacial score (nSPS) is 14.3. The van der Waals surface area contributed by atoms with Gasteiger partial charge in [-0.05, 0) is 82.4 Å². The molecule has 1 aromatic heterocycles. The summed E-state index contributed by atoms with van der Waals surface area (Å²) in [6, 6.07) is 17.3. The molecule has 0 radical (unpaired) electrons. The molecule has 6 nitrogen and oxygen atoms in total. The van der Waals surface area contributed by atoms with E-state index in [1.807, 2.05) is 48.5 Å². The highest BCUT2D eigenvalue weighted by Gasteiger charge is 2.22. The molecular formula is C29H26Br3N3O3. The van der Waals surface area contributed by atoms with Crippen LogP contribution in [0.3, 0.4) is 0 Å². The molecule has 38 heavy (non-hydrogen) atoms. The Hall–Kier alpha value is -2.49. The largest absolute Gasteiger partial charge is 0.493 e. The number of halogens is 3. The van der Waals surface area contributed by atoms with Gasteiger partial charge in [0.05, 0.1) is 28.7 Å². The predicted molar refractivity (Wildman–Crippen MR) is 162 cm³/mol. The van der Waals surface area contributed by atoms with Crippen LogP contribution in [-0.2, 0) is 6.61 Å². The molecule has 0 amide bonds. The molecule has 5 rings (SSSR count). The van der Waals surface area contributed by atoms with E-state index in [1.54, 1.807) is 19.4 Å². The Morgan fingerprint density at radius 2 is 1.74 bits per heavy atom. The molecule has 1 heterocycles. The highest BCUT2D eigenvalue weighted by molar-refractivity contribution is 9.11. The highest BCUT2D eigenvalue weighted by atomic mass is 79.9. The van der Waals surface area contributed by atoms with Crippen molar-refractivity contribution in [2.45, 2.75) is 44.6 Å². The Kier molecular flexibility index (Phi) is 8.65. The summed E-state index contributed by atoms with van der Waals surface area (Å²) in [6.07, 6.45) is 7.17.